The van der Waals surface area contributed by atoms with Gasteiger partial charge >= 0.3 is 0 Å². The average Bonchev–Trinajstić information content (AvgIpc) is 2.79. The Morgan fingerprint density at radius 2 is 2.35 bits per heavy atom. The van der Waals surface area contributed by atoms with Crippen molar-refractivity contribution in [3.8, 4) is 0 Å². The molecule has 0 saturated carbocycles. The molecule has 100 valence electrons. The summed E-state index contributed by atoms with van der Waals surface area (Å²) in [4.78, 5) is 11.5. The van der Waals surface area contributed by atoms with E-state index < -0.39 is 6.04 Å². The number of hydrogen-bond donors (Lipinski definition) is 2. The van der Waals surface area contributed by atoms with Crippen LogP contribution >= 0.6 is 0 Å². The highest BCUT2D eigenvalue weighted by Crippen LogP contribution is 2.08. The third-order valence-corrected chi connectivity index (χ3v) is 2.54. The zero-order chi connectivity index (χ0) is 12.7. The smallest absolute Gasteiger partial charge is 0.239 e. The molecule has 0 aromatic heterocycles. The monoisotopic (exact) mass is 246 g/mol. The van der Waals surface area contributed by atoms with E-state index in [0.29, 0.717) is 13.2 Å². The molecule has 0 aliphatic carbocycles. The van der Waals surface area contributed by atoms with Gasteiger partial charge < -0.3 is 25.3 Å². The number of nitrogens with one attached hydrogen (secondary N) is 1. The Kier molecular flexibility index (Phi) is 6.43. The minimum atomic E-state index is -0.628. The molecule has 3 atom stereocenters. The second kappa shape index (κ2) is 7.60. The second-order valence-electron chi connectivity index (χ2n) is 4.29. The van der Waals surface area contributed by atoms with Crippen LogP contribution in [0.25, 0.3) is 0 Å². The van der Waals surface area contributed by atoms with Gasteiger partial charge in [-0.15, -0.1) is 0 Å². The van der Waals surface area contributed by atoms with Gasteiger partial charge in [0.1, 0.15) is 6.04 Å². The highest BCUT2D eigenvalue weighted by Gasteiger charge is 2.19. The molecule has 3 unspecified atom stereocenters. The van der Waals surface area contributed by atoms with E-state index in [9.17, 15) is 4.79 Å². The van der Waals surface area contributed by atoms with Crippen LogP contribution in [0, 0.1) is 0 Å². The van der Waals surface area contributed by atoms with Gasteiger partial charge in [0.2, 0.25) is 5.91 Å². The Morgan fingerprint density at radius 3 is 2.94 bits per heavy atom. The van der Waals surface area contributed by atoms with Gasteiger partial charge in [-0.05, 0) is 13.3 Å². The van der Waals surface area contributed by atoms with Crippen LogP contribution in [-0.2, 0) is 19.0 Å². The van der Waals surface area contributed by atoms with Crippen molar-refractivity contribution in [1.82, 2.24) is 5.32 Å². The topological polar surface area (TPSA) is 82.8 Å². The maximum Gasteiger partial charge on any atom is 0.239 e. The molecule has 1 aliphatic rings. The van der Waals surface area contributed by atoms with Crippen molar-refractivity contribution in [2.24, 2.45) is 5.73 Å². The van der Waals surface area contributed by atoms with Crippen molar-refractivity contribution >= 4 is 5.91 Å². The Balaban J connectivity index is 2.14. The highest BCUT2D eigenvalue weighted by molar-refractivity contribution is 5.81. The lowest BCUT2D eigenvalue weighted by atomic mass is 10.2. The lowest BCUT2D eigenvalue weighted by Crippen LogP contribution is -2.48. The molecular weight excluding hydrogens is 224 g/mol. The molecule has 0 aromatic rings. The van der Waals surface area contributed by atoms with E-state index in [4.69, 9.17) is 19.9 Å². The quantitative estimate of drug-likeness (QED) is 0.619. The van der Waals surface area contributed by atoms with Crippen molar-refractivity contribution in [3.63, 3.8) is 0 Å². The first-order valence-corrected chi connectivity index (χ1v) is 5.87. The van der Waals surface area contributed by atoms with Crippen LogP contribution < -0.4 is 11.1 Å². The lowest BCUT2D eigenvalue weighted by molar-refractivity contribution is -0.124. The van der Waals surface area contributed by atoms with Crippen molar-refractivity contribution in [3.05, 3.63) is 0 Å². The number of hydrogen-bond acceptors (Lipinski definition) is 5. The third-order valence-electron chi connectivity index (χ3n) is 2.54. The van der Waals surface area contributed by atoms with Crippen molar-refractivity contribution in [1.29, 1.82) is 0 Å². The van der Waals surface area contributed by atoms with Gasteiger partial charge in [0.05, 0.1) is 25.9 Å². The molecule has 0 spiro atoms. The molecular formula is C11H22N2O4. The van der Waals surface area contributed by atoms with E-state index in [1.54, 1.807) is 0 Å². The van der Waals surface area contributed by atoms with Crippen LogP contribution in [0.15, 0.2) is 0 Å². The zero-order valence-electron chi connectivity index (χ0n) is 10.5. The Hall–Kier alpha value is -0.690. The minimum absolute atomic E-state index is 0.0639. The van der Waals surface area contributed by atoms with E-state index >= 15 is 0 Å². The number of carbonyl (C=O) groups excluding carboxylic acids is 1. The van der Waals surface area contributed by atoms with E-state index in [-0.39, 0.29) is 24.7 Å². The summed E-state index contributed by atoms with van der Waals surface area (Å²) in [7, 11) is 1.51. The molecule has 6 nitrogen and oxygen atoms in total. The van der Waals surface area contributed by atoms with Crippen LogP contribution in [0.4, 0.5) is 0 Å². The molecule has 0 bridgehead atoms. The summed E-state index contributed by atoms with van der Waals surface area (Å²) in [6.07, 6.45) is 1.08. The van der Waals surface area contributed by atoms with Crippen molar-refractivity contribution in [2.45, 2.75) is 31.5 Å². The number of amides is 1. The maximum atomic E-state index is 11.5. The van der Waals surface area contributed by atoms with Crippen molar-refractivity contribution < 1.29 is 19.0 Å². The first-order chi connectivity index (χ1) is 8.13. The molecule has 3 N–H and O–H groups in total. The van der Waals surface area contributed by atoms with E-state index in [1.807, 2.05) is 6.92 Å². The van der Waals surface area contributed by atoms with Crippen LogP contribution in [0.2, 0.25) is 0 Å². The van der Waals surface area contributed by atoms with Crippen LogP contribution in [0.5, 0.6) is 0 Å². The molecule has 1 aliphatic heterocycles. The number of ether oxygens (including phenoxy) is 3. The number of carbonyl (C=O) groups is 1. The number of nitrogens with two attached hydrogens (primary N) is 1. The molecule has 1 heterocycles. The van der Waals surface area contributed by atoms with Gasteiger partial charge in [0.25, 0.3) is 0 Å². The fourth-order valence-corrected chi connectivity index (χ4v) is 1.57. The first kappa shape index (κ1) is 14.4. The summed E-state index contributed by atoms with van der Waals surface area (Å²) < 4.78 is 15.6. The van der Waals surface area contributed by atoms with Gasteiger partial charge in [0, 0.05) is 19.8 Å². The average molecular weight is 246 g/mol. The Bertz CT molecular complexity index is 232. The molecule has 17 heavy (non-hydrogen) atoms. The van der Waals surface area contributed by atoms with Crippen LogP contribution in [0.1, 0.15) is 13.3 Å². The Labute approximate surface area is 102 Å². The zero-order valence-corrected chi connectivity index (χ0v) is 10.5. The third kappa shape index (κ3) is 5.45. The van der Waals surface area contributed by atoms with Crippen LogP contribution in [-0.4, -0.2) is 57.6 Å². The summed E-state index contributed by atoms with van der Waals surface area (Å²) in [6, 6.07) is -0.691. The molecule has 1 amide bonds. The second-order valence-corrected chi connectivity index (χ2v) is 4.29. The Morgan fingerprint density at radius 1 is 1.59 bits per heavy atom. The SMILES string of the molecule is COCC(N)C(=O)NC(C)COC1CCOC1. The molecule has 1 saturated heterocycles. The predicted octanol–water partition coefficient (Wildman–Crippen LogP) is -0.730. The summed E-state index contributed by atoms with van der Waals surface area (Å²) in [5, 5.41) is 2.78. The standard InChI is InChI=1S/C11H22N2O4/c1-8(5-17-9-3-4-16-6-9)13-11(14)10(12)7-15-2/h8-10H,3-7,12H2,1-2H3,(H,13,14). The fourth-order valence-electron chi connectivity index (χ4n) is 1.57. The minimum Gasteiger partial charge on any atom is -0.383 e. The van der Waals surface area contributed by atoms with Gasteiger partial charge in [-0.2, -0.15) is 0 Å². The lowest BCUT2D eigenvalue weighted by Gasteiger charge is -2.19. The highest BCUT2D eigenvalue weighted by atomic mass is 16.5. The molecule has 0 radical (unpaired) electrons. The molecule has 1 fully saturated rings. The fraction of sp³-hybridized carbons (Fsp3) is 0.909. The number of methoxy groups -OCH3 is 1. The summed E-state index contributed by atoms with van der Waals surface area (Å²) in [6.45, 7) is 3.97. The summed E-state index contributed by atoms with van der Waals surface area (Å²) in [5.41, 5.74) is 5.60. The van der Waals surface area contributed by atoms with E-state index in [1.165, 1.54) is 7.11 Å². The van der Waals surface area contributed by atoms with E-state index in [2.05, 4.69) is 5.32 Å². The summed E-state index contributed by atoms with van der Waals surface area (Å²) in [5.74, 6) is -0.217. The molecule has 1 rings (SSSR count). The normalized spacial score (nSPS) is 23.4. The predicted molar refractivity (Wildman–Crippen MR) is 62.6 cm³/mol. The molecule has 6 heteroatoms. The largest absolute Gasteiger partial charge is 0.383 e. The summed E-state index contributed by atoms with van der Waals surface area (Å²) >= 11 is 0. The molecule has 0 aromatic carbocycles. The first-order valence-electron chi connectivity index (χ1n) is 5.87. The van der Waals surface area contributed by atoms with Gasteiger partial charge in [-0.3, -0.25) is 4.79 Å². The van der Waals surface area contributed by atoms with Crippen molar-refractivity contribution in [2.75, 3.05) is 33.5 Å². The van der Waals surface area contributed by atoms with Gasteiger partial charge in [-0.25, -0.2) is 0 Å². The van der Waals surface area contributed by atoms with Gasteiger partial charge in [0.15, 0.2) is 0 Å². The van der Waals surface area contributed by atoms with Crippen LogP contribution in [0.3, 0.4) is 0 Å². The number of rotatable bonds is 7. The maximum absolute atomic E-state index is 11.5. The van der Waals surface area contributed by atoms with Gasteiger partial charge in [-0.1, -0.05) is 0 Å². The van der Waals surface area contributed by atoms with E-state index in [0.717, 1.165) is 13.0 Å².